The number of benzene rings is 1. The molecule has 1 aromatic rings. The minimum absolute atomic E-state index is 0. The summed E-state index contributed by atoms with van der Waals surface area (Å²) in [6, 6.07) is 8.73. The third kappa shape index (κ3) is 13.2. The first-order valence-corrected chi connectivity index (χ1v) is 10.0. The maximum absolute atomic E-state index is 5.54. The number of anilines is 1. The smallest absolute Gasteiger partial charge is 0.191 e. The van der Waals surface area contributed by atoms with Gasteiger partial charge in [0.1, 0.15) is 0 Å². The summed E-state index contributed by atoms with van der Waals surface area (Å²) in [7, 11) is 5.91. The van der Waals surface area contributed by atoms with Gasteiger partial charge in [-0.25, -0.2) is 0 Å². The van der Waals surface area contributed by atoms with Crippen LogP contribution in [0.2, 0.25) is 0 Å². The van der Waals surface area contributed by atoms with Gasteiger partial charge >= 0.3 is 0 Å². The number of rotatable bonds is 14. The number of hydrogen-bond donors (Lipinski definition) is 2. The van der Waals surface area contributed by atoms with E-state index in [9.17, 15) is 0 Å². The van der Waals surface area contributed by atoms with E-state index in [1.165, 1.54) is 17.7 Å². The van der Waals surface area contributed by atoms with Crippen molar-refractivity contribution in [3.05, 3.63) is 29.8 Å². The van der Waals surface area contributed by atoms with Crippen LogP contribution in [-0.2, 0) is 15.9 Å². The van der Waals surface area contributed by atoms with Crippen LogP contribution in [-0.4, -0.2) is 66.6 Å². The molecule has 28 heavy (non-hydrogen) atoms. The number of unbranched alkanes of at least 4 members (excludes halogenated alkanes) is 1. The first kappa shape index (κ1) is 26.9. The quantitative estimate of drug-likeness (QED) is 0.176. The molecular weight excluding hydrogens is 467 g/mol. The number of hydrogen-bond acceptors (Lipinski definition) is 4. The van der Waals surface area contributed by atoms with Gasteiger partial charge in [0.05, 0.1) is 19.8 Å². The summed E-state index contributed by atoms with van der Waals surface area (Å²) >= 11 is 0. The normalized spacial score (nSPS) is 11.1. The zero-order chi connectivity index (χ0) is 19.7. The molecule has 0 amide bonds. The van der Waals surface area contributed by atoms with Gasteiger partial charge in [0.25, 0.3) is 0 Å². The Kier molecular flexibility index (Phi) is 17.3. The van der Waals surface area contributed by atoms with Gasteiger partial charge in [-0.3, -0.25) is 4.99 Å². The summed E-state index contributed by atoms with van der Waals surface area (Å²) < 4.78 is 11.0. The van der Waals surface area contributed by atoms with E-state index in [1.54, 1.807) is 7.05 Å². The van der Waals surface area contributed by atoms with Gasteiger partial charge in [-0.2, -0.15) is 0 Å². The van der Waals surface area contributed by atoms with Crippen molar-refractivity contribution in [2.75, 3.05) is 65.6 Å². The van der Waals surface area contributed by atoms with Gasteiger partial charge in [-0.05, 0) is 37.0 Å². The topological polar surface area (TPSA) is 58.1 Å². The fraction of sp³-hybridized carbons (Fsp3) is 0.667. The van der Waals surface area contributed by atoms with E-state index < -0.39 is 0 Å². The second-order valence-corrected chi connectivity index (χ2v) is 6.67. The minimum Gasteiger partial charge on any atom is -0.379 e. The van der Waals surface area contributed by atoms with Crippen LogP contribution in [0, 0.1) is 0 Å². The Morgan fingerprint density at radius 1 is 0.929 bits per heavy atom. The predicted molar refractivity (Wildman–Crippen MR) is 130 cm³/mol. The van der Waals surface area contributed by atoms with Crippen molar-refractivity contribution in [3.8, 4) is 0 Å². The summed E-state index contributed by atoms with van der Waals surface area (Å²) in [6.45, 7) is 6.58. The highest BCUT2D eigenvalue weighted by atomic mass is 127. The summed E-state index contributed by atoms with van der Waals surface area (Å²) in [5, 5.41) is 6.61. The van der Waals surface area contributed by atoms with Gasteiger partial charge in [-0.15, -0.1) is 24.0 Å². The van der Waals surface area contributed by atoms with E-state index in [2.05, 4.69) is 65.8 Å². The van der Waals surface area contributed by atoms with Crippen molar-refractivity contribution >= 4 is 35.6 Å². The lowest BCUT2D eigenvalue weighted by molar-refractivity contribution is 0.0487. The second-order valence-electron chi connectivity index (χ2n) is 6.67. The molecule has 0 radical (unpaired) electrons. The van der Waals surface area contributed by atoms with Crippen LogP contribution in [0.3, 0.4) is 0 Å². The first-order chi connectivity index (χ1) is 13.2. The van der Waals surface area contributed by atoms with E-state index in [-0.39, 0.29) is 24.0 Å². The molecule has 0 aliphatic carbocycles. The minimum atomic E-state index is 0. The van der Waals surface area contributed by atoms with Crippen molar-refractivity contribution in [3.63, 3.8) is 0 Å². The van der Waals surface area contributed by atoms with E-state index in [4.69, 9.17) is 9.47 Å². The molecule has 0 aliphatic heterocycles. The van der Waals surface area contributed by atoms with Crippen molar-refractivity contribution in [2.45, 2.75) is 32.6 Å². The lowest BCUT2D eigenvalue weighted by atomic mass is 10.1. The number of aryl methyl sites for hydroxylation is 1. The Bertz CT molecular complexity index is 510. The van der Waals surface area contributed by atoms with Crippen LogP contribution < -0.4 is 15.5 Å². The second kappa shape index (κ2) is 18.0. The standard InChI is InChI=1S/C21H38N4O2.HI/c1-5-6-15-26-17-18-27-16-14-24-21(22-2)23-13-7-8-19-9-11-20(12-10-19)25(3)4;/h9-12H,5-8,13-18H2,1-4H3,(H2,22,23,24);1H. The lowest BCUT2D eigenvalue weighted by Crippen LogP contribution is -2.39. The number of ether oxygens (including phenoxy) is 2. The van der Waals surface area contributed by atoms with Crippen LogP contribution in [0.15, 0.2) is 29.3 Å². The molecule has 0 atom stereocenters. The van der Waals surface area contributed by atoms with E-state index >= 15 is 0 Å². The van der Waals surface area contributed by atoms with Crippen molar-refractivity contribution in [1.29, 1.82) is 0 Å². The Morgan fingerprint density at radius 2 is 1.57 bits per heavy atom. The van der Waals surface area contributed by atoms with Crippen molar-refractivity contribution < 1.29 is 9.47 Å². The summed E-state index contributed by atoms with van der Waals surface area (Å²) in [5.41, 5.74) is 2.59. The molecule has 2 N–H and O–H groups in total. The monoisotopic (exact) mass is 506 g/mol. The third-order valence-electron chi connectivity index (χ3n) is 4.16. The van der Waals surface area contributed by atoms with Crippen molar-refractivity contribution in [1.82, 2.24) is 10.6 Å². The molecule has 0 aliphatic rings. The number of aliphatic imine (C=N–C) groups is 1. The number of nitrogens with zero attached hydrogens (tertiary/aromatic N) is 2. The average Bonchev–Trinajstić information content (AvgIpc) is 2.68. The van der Waals surface area contributed by atoms with Gasteiger partial charge in [-0.1, -0.05) is 25.5 Å². The Morgan fingerprint density at radius 3 is 2.18 bits per heavy atom. The fourth-order valence-electron chi connectivity index (χ4n) is 2.49. The highest BCUT2D eigenvalue weighted by Gasteiger charge is 1.99. The summed E-state index contributed by atoms with van der Waals surface area (Å²) in [5.74, 6) is 0.820. The molecule has 0 aromatic heterocycles. The molecule has 0 saturated heterocycles. The molecular formula is C21H39IN4O2. The summed E-state index contributed by atoms with van der Waals surface area (Å²) in [4.78, 5) is 6.36. The average molecular weight is 506 g/mol. The Balaban J connectivity index is 0.00000729. The highest BCUT2D eigenvalue weighted by molar-refractivity contribution is 14.0. The SMILES string of the molecule is CCCCOCCOCCNC(=NC)NCCCc1ccc(N(C)C)cc1.I. The molecule has 0 bridgehead atoms. The molecule has 162 valence electrons. The maximum atomic E-state index is 5.54. The molecule has 0 heterocycles. The van der Waals surface area contributed by atoms with Crippen LogP contribution in [0.4, 0.5) is 5.69 Å². The first-order valence-electron chi connectivity index (χ1n) is 10.0. The molecule has 0 spiro atoms. The molecule has 0 saturated carbocycles. The van der Waals surface area contributed by atoms with Gasteiger partial charge in [0, 0.05) is 46.5 Å². The highest BCUT2D eigenvalue weighted by Crippen LogP contribution is 2.13. The van der Waals surface area contributed by atoms with Crippen molar-refractivity contribution in [2.24, 2.45) is 4.99 Å². The largest absolute Gasteiger partial charge is 0.379 e. The van der Waals surface area contributed by atoms with Gasteiger partial charge < -0.3 is 25.0 Å². The molecule has 1 aromatic carbocycles. The predicted octanol–water partition coefficient (Wildman–Crippen LogP) is 3.30. The molecule has 0 fully saturated rings. The number of nitrogens with one attached hydrogen (secondary N) is 2. The zero-order valence-corrected chi connectivity index (χ0v) is 20.3. The van der Waals surface area contributed by atoms with Crippen LogP contribution >= 0.6 is 24.0 Å². The molecule has 7 heteroatoms. The summed E-state index contributed by atoms with van der Waals surface area (Å²) in [6.07, 6.45) is 4.40. The van der Waals surface area contributed by atoms with Gasteiger partial charge in [0.2, 0.25) is 0 Å². The molecule has 1 rings (SSSR count). The number of guanidine groups is 1. The Hall–Kier alpha value is -1.06. The zero-order valence-electron chi connectivity index (χ0n) is 18.0. The molecule has 0 unspecified atom stereocenters. The van der Waals surface area contributed by atoms with E-state index in [0.717, 1.165) is 44.9 Å². The maximum Gasteiger partial charge on any atom is 0.191 e. The van der Waals surface area contributed by atoms with Crippen LogP contribution in [0.5, 0.6) is 0 Å². The van der Waals surface area contributed by atoms with Crippen LogP contribution in [0.1, 0.15) is 31.7 Å². The Labute approximate surface area is 188 Å². The van der Waals surface area contributed by atoms with E-state index in [0.29, 0.717) is 19.8 Å². The molecule has 6 nitrogen and oxygen atoms in total. The third-order valence-corrected chi connectivity index (χ3v) is 4.16. The fourth-order valence-corrected chi connectivity index (χ4v) is 2.49. The van der Waals surface area contributed by atoms with Gasteiger partial charge in [0.15, 0.2) is 5.96 Å². The lowest BCUT2D eigenvalue weighted by Gasteiger charge is -2.13. The van der Waals surface area contributed by atoms with E-state index in [1.807, 2.05) is 0 Å². The number of halogens is 1. The van der Waals surface area contributed by atoms with Crippen LogP contribution in [0.25, 0.3) is 0 Å².